The third-order valence-corrected chi connectivity index (χ3v) is 4.08. The molecule has 1 atom stereocenters. The molecule has 0 aromatic heterocycles. The van der Waals surface area contributed by atoms with Gasteiger partial charge in [0.1, 0.15) is 12.3 Å². The summed E-state index contributed by atoms with van der Waals surface area (Å²) in [5, 5.41) is 22.3. The van der Waals surface area contributed by atoms with Crippen LogP contribution in [0.2, 0.25) is 0 Å². The Balaban J connectivity index is 1.79. The number of aromatic carboxylic acids is 1. The first-order chi connectivity index (χ1) is 13.3. The zero-order chi connectivity index (χ0) is 20.4. The minimum absolute atomic E-state index is 0.00409. The maximum Gasteiger partial charge on any atom is 0.335 e. The number of amides is 2. The van der Waals surface area contributed by atoms with Gasteiger partial charge in [0.2, 0.25) is 5.91 Å². The number of carbonyl (C=O) groups excluding carboxylic acids is 2. The van der Waals surface area contributed by atoms with Gasteiger partial charge < -0.3 is 15.2 Å². The van der Waals surface area contributed by atoms with Crippen molar-refractivity contribution in [2.24, 2.45) is 0 Å². The van der Waals surface area contributed by atoms with E-state index in [4.69, 9.17) is 9.84 Å². The van der Waals surface area contributed by atoms with Crippen LogP contribution in [0.5, 0.6) is 5.75 Å². The predicted molar refractivity (Wildman–Crippen MR) is 97.6 cm³/mol. The number of ether oxygens (including phenoxy) is 1. The monoisotopic (exact) mass is 385 g/mol. The molecule has 1 heterocycles. The second-order valence-corrected chi connectivity index (χ2v) is 6.02. The molecule has 2 amide bonds. The van der Waals surface area contributed by atoms with Gasteiger partial charge in [0.25, 0.3) is 11.6 Å². The number of nitro benzene ring substituents is 1. The van der Waals surface area contributed by atoms with Gasteiger partial charge in [-0.1, -0.05) is 0 Å². The Morgan fingerprint density at radius 2 is 1.93 bits per heavy atom. The summed E-state index contributed by atoms with van der Waals surface area (Å²) in [5.41, 5.74) is 0.506. The number of rotatable bonds is 5. The van der Waals surface area contributed by atoms with Gasteiger partial charge >= 0.3 is 5.97 Å². The van der Waals surface area contributed by atoms with Crippen LogP contribution in [0.25, 0.3) is 0 Å². The second-order valence-electron chi connectivity index (χ2n) is 6.02. The molecular weight excluding hydrogens is 370 g/mol. The van der Waals surface area contributed by atoms with Crippen molar-refractivity contribution < 1.29 is 29.2 Å². The Labute approximate surface area is 158 Å². The first kappa shape index (κ1) is 18.8. The molecule has 2 aromatic rings. The summed E-state index contributed by atoms with van der Waals surface area (Å²) in [5.74, 6) is -1.92. The van der Waals surface area contributed by atoms with Crippen LogP contribution in [0.4, 0.5) is 17.1 Å². The van der Waals surface area contributed by atoms with Gasteiger partial charge in [0.05, 0.1) is 16.2 Å². The Hall–Kier alpha value is -3.95. The number of carbonyl (C=O) groups is 3. The van der Waals surface area contributed by atoms with Gasteiger partial charge in [0.15, 0.2) is 6.10 Å². The topological polar surface area (TPSA) is 139 Å². The lowest BCUT2D eigenvalue weighted by Gasteiger charge is -2.32. The molecule has 3 rings (SSSR count). The molecule has 0 saturated heterocycles. The van der Waals surface area contributed by atoms with E-state index < -0.39 is 28.8 Å². The van der Waals surface area contributed by atoms with E-state index in [9.17, 15) is 24.5 Å². The third-order valence-electron chi connectivity index (χ3n) is 4.08. The van der Waals surface area contributed by atoms with Crippen molar-refractivity contribution in [1.29, 1.82) is 0 Å². The van der Waals surface area contributed by atoms with Crippen LogP contribution in [0.1, 0.15) is 17.3 Å². The zero-order valence-corrected chi connectivity index (χ0v) is 14.6. The Bertz CT molecular complexity index is 972. The summed E-state index contributed by atoms with van der Waals surface area (Å²) in [4.78, 5) is 47.2. The molecule has 28 heavy (non-hydrogen) atoms. The molecule has 10 nitrogen and oxygen atoms in total. The summed E-state index contributed by atoms with van der Waals surface area (Å²) in [6.07, 6.45) is -0.885. The van der Waals surface area contributed by atoms with Gasteiger partial charge in [0, 0.05) is 17.8 Å². The molecule has 0 saturated carbocycles. The van der Waals surface area contributed by atoms with E-state index in [2.05, 4.69) is 5.32 Å². The van der Waals surface area contributed by atoms with E-state index in [0.717, 1.165) is 0 Å². The zero-order valence-electron chi connectivity index (χ0n) is 14.6. The lowest BCUT2D eigenvalue weighted by Crippen LogP contribution is -2.47. The quantitative estimate of drug-likeness (QED) is 0.593. The highest BCUT2D eigenvalue weighted by molar-refractivity contribution is 6.06. The van der Waals surface area contributed by atoms with Crippen LogP contribution in [0, 0.1) is 10.1 Å². The number of anilines is 2. The normalized spacial score (nSPS) is 15.4. The lowest BCUT2D eigenvalue weighted by molar-refractivity contribution is -0.384. The van der Waals surface area contributed by atoms with Gasteiger partial charge in [-0.05, 0) is 37.3 Å². The molecule has 0 radical (unpaired) electrons. The fourth-order valence-corrected chi connectivity index (χ4v) is 2.72. The predicted octanol–water partition coefficient (Wildman–Crippen LogP) is 2.05. The highest BCUT2D eigenvalue weighted by atomic mass is 16.6. The maximum absolute atomic E-state index is 12.4. The van der Waals surface area contributed by atoms with E-state index in [1.165, 1.54) is 54.3 Å². The van der Waals surface area contributed by atoms with E-state index in [-0.39, 0.29) is 29.2 Å². The van der Waals surface area contributed by atoms with E-state index in [1.54, 1.807) is 0 Å². The van der Waals surface area contributed by atoms with Crippen molar-refractivity contribution in [1.82, 2.24) is 0 Å². The maximum atomic E-state index is 12.4. The standard InChI is InChI=1S/C18H15N3O7/c1-10-17(23)20(14-7-2-11(18(24)25)8-15(14)28-10)9-16(22)19-12-3-5-13(6-4-12)21(26)27/h2-8,10H,9H2,1H3,(H,19,22)(H,24,25). The molecule has 0 fully saturated rings. The molecule has 1 aliphatic rings. The van der Waals surface area contributed by atoms with Crippen molar-refractivity contribution in [3.05, 3.63) is 58.1 Å². The van der Waals surface area contributed by atoms with Crippen LogP contribution >= 0.6 is 0 Å². The van der Waals surface area contributed by atoms with Crippen molar-refractivity contribution >= 4 is 34.8 Å². The molecule has 2 aromatic carbocycles. The summed E-state index contributed by atoms with van der Waals surface area (Å²) in [7, 11) is 0. The van der Waals surface area contributed by atoms with Gasteiger partial charge in [-0.2, -0.15) is 0 Å². The van der Waals surface area contributed by atoms with E-state index in [0.29, 0.717) is 5.69 Å². The Morgan fingerprint density at radius 1 is 1.25 bits per heavy atom. The molecule has 2 N–H and O–H groups in total. The minimum atomic E-state index is -1.14. The first-order valence-corrected chi connectivity index (χ1v) is 8.16. The van der Waals surface area contributed by atoms with Crippen LogP contribution in [-0.4, -0.2) is 40.5 Å². The molecule has 0 spiro atoms. The summed E-state index contributed by atoms with van der Waals surface area (Å²) < 4.78 is 5.45. The van der Waals surface area contributed by atoms with Crippen LogP contribution in [0.3, 0.4) is 0 Å². The summed E-state index contributed by atoms with van der Waals surface area (Å²) in [6.45, 7) is 1.17. The number of nitrogens with one attached hydrogen (secondary N) is 1. The number of carboxylic acid groups (broad SMARTS) is 1. The molecule has 1 unspecified atom stereocenters. The summed E-state index contributed by atoms with van der Waals surface area (Å²) in [6, 6.07) is 9.28. The van der Waals surface area contributed by atoms with Crippen molar-refractivity contribution in [3.8, 4) is 5.75 Å². The number of nitrogens with zero attached hydrogens (tertiary/aromatic N) is 2. The lowest BCUT2D eigenvalue weighted by atomic mass is 10.1. The number of non-ortho nitro benzene ring substituents is 1. The smallest absolute Gasteiger partial charge is 0.335 e. The van der Waals surface area contributed by atoms with Crippen LogP contribution in [-0.2, 0) is 9.59 Å². The van der Waals surface area contributed by atoms with Crippen molar-refractivity contribution in [3.63, 3.8) is 0 Å². The number of fused-ring (bicyclic) bond motifs is 1. The van der Waals surface area contributed by atoms with Gasteiger partial charge in [-0.3, -0.25) is 24.6 Å². The molecule has 10 heteroatoms. The number of hydrogen-bond acceptors (Lipinski definition) is 6. The average molecular weight is 385 g/mol. The summed E-state index contributed by atoms with van der Waals surface area (Å²) >= 11 is 0. The minimum Gasteiger partial charge on any atom is -0.479 e. The largest absolute Gasteiger partial charge is 0.479 e. The first-order valence-electron chi connectivity index (χ1n) is 8.16. The molecule has 144 valence electrons. The fourth-order valence-electron chi connectivity index (χ4n) is 2.72. The van der Waals surface area contributed by atoms with Crippen molar-refractivity contribution in [2.45, 2.75) is 13.0 Å². The second kappa shape index (κ2) is 7.35. The molecule has 0 bridgehead atoms. The highest BCUT2D eigenvalue weighted by Gasteiger charge is 2.33. The Morgan fingerprint density at radius 3 is 2.54 bits per heavy atom. The number of carboxylic acids is 1. The highest BCUT2D eigenvalue weighted by Crippen LogP contribution is 2.35. The van der Waals surface area contributed by atoms with Gasteiger partial charge in [-0.25, -0.2) is 4.79 Å². The van der Waals surface area contributed by atoms with Gasteiger partial charge in [-0.15, -0.1) is 0 Å². The molecular formula is C18H15N3O7. The fraction of sp³-hybridized carbons (Fsp3) is 0.167. The average Bonchev–Trinajstić information content (AvgIpc) is 2.65. The number of hydrogen-bond donors (Lipinski definition) is 2. The molecule has 1 aliphatic heterocycles. The SMILES string of the molecule is CC1Oc2cc(C(=O)O)ccc2N(CC(=O)Nc2ccc([N+](=O)[O-])cc2)C1=O. The van der Waals surface area contributed by atoms with Crippen molar-refractivity contribution in [2.75, 3.05) is 16.8 Å². The molecule has 0 aliphatic carbocycles. The van der Waals surface area contributed by atoms with Crippen LogP contribution in [0.15, 0.2) is 42.5 Å². The van der Waals surface area contributed by atoms with E-state index >= 15 is 0 Å². The number of nitro groups is 1. The van der Waals surface area contributed by atoms with E-state index in [1.807, 2.05) is 0 Å². The third kappa shape index (κ3) is 3.75. The van der Waals surface area contributed by atoms with Crippen LogP contribution < -0.4 is 15.0 Å². The Kier molecular flexibility index (Phi) is 4.94. The number of benzene rings is 2.